The average Bonchev–Trinajstić information content (AvgIpc) is 2.40. The molecule has 1 unspecified atom stereocenters. The fourth-order valence-electron chi connectivity index (χ4n) is 1.35. The Kier molecular flexibility index (Phi) is 6.33. The smallest absolute Gasteiger partial charge is 0.323 e. The second-order valence-corrected chi connectivity index (χ2v) is 4.82. The number of carbonyl (C=O) groups excluding carboxylic acids is 1. The van der Waals surface area contributed by atoms with Gasteiger partial charge in [0.1, 0.15) is 11.9 Å². The van der Waals surface area contributed by atoms with Gasteiger partial charge in [-0.25, -0.2) is 4.39 Å². The van der Waals surface area contributed by atoms with E-state index in [9.17, 15) is 9.18 Å². The van der Waals surface area contributed by atoms with Gasteiger partial charge in [-0.2, -0.15) is 17.0 Å². The van der Waals surface area contributed by atoms with Crippen molar-refractivity contribution in [3.05, 3.63) is 35.1 Å². The van der Waals surface area contributed by atoms with Gasteiger partial charge >= 0.3 is 5.97 Å². The number of hydrogen-bond acceptors (Lipinski definition) is 5. The van der Waals surface area contributed by atoms with Crippen LogP contribution >= 0.6 is 11.8 Å². The summed E-state index contributed by atoms with van der Waals surface area (Å²) in [5, 5.41) is 8.62. The highest BCUT2D eigenvalue weighted by atomic mass is 32.2. The van der Waals surface area contributed by atoms with Crippen molar-refractivity contribution in [2.45, 2.75) is 18.7 Å². The predicted molar refractivity (Wildman–Crippen MR) is 71.9 cm³/mol. The third kappa shape index (κ3) is 4.89. The number of hydrogen-bond donors (Lipinski definition) is 1. The molecule has 1 aromatic rings. The zero-order valence-electron chi connectivity index (χ0n) is 10.6. The molecule has 1 aromatic carbocycles. The van der Waals surface area contributed by atoms with Gasteiger partial charge < -0.3 is 10.5 Å². The van der Waals surface area contributed by atoms with Crippen LogP contribution in [-0.4, -0.2) is 24.4 Å². The topological polar surface area (TPSA) is 76.1 Å². The molecule has 102 valence electrons. The number of nitrogens with two attached hydrogens (primary N) is 1. The Labute approximate surface area is 115 Å². The Morgan fingerprint density at radius 2 is 2.37 bits per heavy atom. The summed E-state index contributed by atoms with van der Waals surface area (Å²) in [6, 6.07) is 5.49. The summed E-state index contributed by atoms with van der Waals surface area (Å²) in [6.45, 7) is 2.01. The first-order valence-corrected chi connectivity index (χ1v) is 6.92. The molecule has 19 heavy (non-hydrogen) atoms. The molecule has 0 spiro atoms. The van der Waals surface area contributed by atoms with Crippen LogP contribution in [0, 0.1) is 17.1 Å². The van der Waals surface area contributed by atoms with E-state index < -0.39 is 17.8 Å². The number of ether oxygens (including phenoxy) is 1. The third-order valence-electron chi connectivity index (χ3n) is 2.33. The maximum Gasteiger partial charge on any atom is 0.323 e. The number of thioether (sulfide) groups is 1. The number of rotatable bonds is 6. The summed E-state index contributed by atoms with van der Waals surface area (Å²) in [7, 11) is 0. The molecule has 0 aliphatic heterocycles. The minimum absolute atomic E-state index is 0.287. The quantitative estimate of drug-likeness (QED) is 0.805. The molecule has 0 aromatic heterocycles. The maximum absolute atomic E-state index is 13.6. The molecule has 0 saturated carbocycles. The molecule has 0 radical (unpaired) electrons. The van der Waals surface area contributed by atoms with Crippen molar-refractivity contribution in [3.8, 4) is 6.07 Å². The molecule has 0 amide bonds. The molecule has 2 N–H and O–H groups in total. The monoisotopic (exact) mass is 282 g/mol. The van der Waals surface area contributed by atoms with E-state index >= 15 is 0 Å². The van der Waals surface area contributed by atoms with Gasteiger partial charge in [0.25, 0.3) is 0 Å². The van der Waals surface area contributed by atoms with Crippen LogP contribution in [-0.2, 0) is 15.3 Å². The van der Waals surface area contributed by atoms with E-state index in [0.717, 1.165) is 0 Å². The molecule has 0 heterocycles. The molecule has 1 rings (SSSR count). The number of carbonyl (C=O) groups is 1. The van der Waals surface area contributed by atoms with Gasteiger partial charge in [0.2, 0.25) is 0 Å². The lowest BCUT2D eigenvalue weighted by atomic mass is 10.1. The zero-order valence-corrected chi connectivity index (χ0v) is 11.4. The summed E-state index contributed by atoms with van der Waals surface area (Å²) in [4.78, 5) is 11.3. The first-order valence-electron chi connectivity index (χ1n) is 5.77. The SMILES string of the molecule is CCOC(=O)C(N)CSCc1ccc(C#N)cc1F. The molecule has 0 aliphatic rings. The minimum Gasteiger partial charge on any atom is -0.465 e. The number of esters is 1. The highest BCUT2D eigenvalue weighted by molar-refractivity contribution is 7.98. The van der Waals surface area contributed by atoms with Gasteiger partial charge in [-0.05, 0) is 24.6 Å². The van der Waals surface area contributed by atoms with Crippen LogP contribution in [0.25, 0.3) is 0 Å². The van der Waals surface area contributed by atoms with Gasteiger partial charge in [-0.1, -0.05) is 6.07 Å². The van der Waals surface area contributed by atoms with Crippen LogP contribution in [0.4, 0.5) is 4.39 Å². The Hall–Kier alpha value is -1.58. The predicted octanol–water partition coefficient (Wildman–Crippen LogP) is 1.82. The normalized spacial score (nSPS) is 11.7. The first-order chi connectivity index (χ1) is 9.08. The molecular weight excluding hydrogens is 267 g/mol. The van der Waals surface area contributed by atoms with E-state index in [2.05, 4.69) is 0 Å². The molecule has 6 heteroatoms. The van der Waals surface area contributed by atoms with Crippen molar-refractivity contribution in [2.75, 3.05) is 12.4 Å². The fraction of sp³-hybridized carbons (Fsp3) is 0.385. The Bertz CT molecular complexity index is 488. The number of benzene rings is 1. The van der Waals surface area contributed by atoms with Gasteiger partial charge in [0.05, 0.1) is 18.2 Å². The standard InChI is InChI=1S/C13H15FN2O2S/c1-2-18-13(17)12(16)8-19-7-10-4-3-9(6-15)5-11(10)14/h3-5,12H,2,7-8,16H2,1H3. The highest BCUT2D eigenvalue weighted by Crippen LogP contribution is 2.17. The van der Waals surface area contributed by atoms with E-state index in [1.807, 2.05) is 6.07 Å². The van der Waals surface area contributed by atoms with Crippen molar-refractivity contribution in [1.29, 1.82) is 5.26 Å². The lowest BCUT2D eigenvalue weighted by molar-refractivity contribution is -0.144. The van der Waals surface area contributed by atoms with E-state index in [4.69, 9.17) is 15.7 Å². The van der Waals surface area contributed by atoms with Crippen LogP contribution < -0.4 is 5.73 Å². The zero-order chi connectivity index (χ0) is 14.3. The second-order valence-electron chi connectivity index (χ2n) is 3.79. The molecule has 0 fully saturated rings. The van der Waals surface area contributed by atoms with Crippen molar-refractivity contribution in [2.24, 2.45) is 5.73 Å². The van der Waals surface area contributed by atoms with E-state index in [0.29, 0.717) is 23.7 Å². The van der Waals surface area contributed by atoms with Gasteiger partial charge in [0.15, 0.2) is 0 Å². The van der Waals surface area contributed by atoms with Crippen LogP contribution in [0.1, 0.15) is 18.1 Å². The van der Waals surface area contributed by atoms with E-state index in [1.54, 1.807) is 19.1 Å². The number of nitriles is 1. The molecule has 4 nitrogen and oxygen atoms in total. The Balaban J connectivity index is 2.45. The Morgan fingerprint density at radius 3 is 2.95 bits per heavy atom. The molecular formula is C13H15FN2O2S. The maximum atomic E-state index is 13.6. The van der Waals surface area contributed by atoms with Gasteiger partial charge in [-0.15, -0.1) is 0 Å². The number of nitrogens with zero attached hydrogens (tertiary/aromatic N) is 1. The molecule has 0 bridgehead atoms. The molecule has 0 aliphatic carbocycles. The van der Waals surface area contributed by atoms with Crippen LogP contribution in [0.5, 0.6) is 0 Å². The lowest BCUT2D eigenvalue weighted by Crippen LogP contribution is -2.34. The van der Waals surface area contributed by atoms with Crippen LogP contribution in [0.3, 0.4) is 0 Å². The van der Waals surface area contributed by atoms with Gasteiger partial charge in [0, 0.05) is 11.5 Å². The average molecular weight is 282 g/mol. The fourth-order valence-corrected chi connectivity index (χ4v) is 2.31. The van der Waals surface area contributed by atoms with Crippen LogP contribution in [0.15, 0.2) is 18.2 Å². The summed E-state index contributed by atoms with van der Waals surface area (Å²) >= 11 is 1.35. The molecule has 1 atom stereocenters. The van der Waals surface area contributed by atoms with Crippen molar-refractivity contribution in [1.82, 2.24) is 0 Å². The summed E-state index contributed by atoms with van der Waals surface area (Å²) < 4.78 is 18.3. The minimum atomic E-state index is -0.702. The van der Waals surface area contributed by atoms with Crippen LogP contribution in [0.2, 0.25) is 0 Å². The van der Waals surface area contributed by atoms with Crippen molar-refractivity contribution in [3.63, 3.8) is 0 Å². The summed E-state index contributed by atoms with van der Waals surface area (Å²) in [5.41, 5.74) is 6.39. The van der Waals surface area contributed by atoms with E-state index in [-0.39, 0.29) is 5.56 Å². The second kappa shape index (κ2) is 7.77. The molecule has 0 saturated heterocycles. The third-order valence-corrected chi connectivity index (χ3v) is 3.44. The van der Waals surface area contributed by atoms with Gasteiger partial charge in [-0.3, -0.25) is 4.79 Å². The van der Waals surface area contributed by atoms with Crippen molar-refractivity contribution < 1.29 is 13.9 Å². The van der Waals surface area contributed by atoms with Crippen molar-refractivity contribution >= 4 is 17.7 Å². The Morgan fingerprint density at radius 1 is 1.63 bits per heavy atom. The van der Waals surface area contributed by atoms with E-state index in [1.165, 1.54) is 17.8 Å². The summed E-state index contributed by atoms with van der Waals surface area (Å²) in [6.07, 6.45) is 0. The number of halogens is 1. The first kappa shape index (κ1) is 15.5. The lowest BCUT2D eigenvalue weighted by Gasteiger charge is -2.10. The highest BCUT2D eigenvalue weighted by Gasteiger charge is 2.14. The largest absolute Gasteiger partial charge is 0.465 e. The summed E-state index contributed by atoms with van der Waals surface area (Å²) in [5.74, 6) is -0.116.